The van der Waals surface area contributed by atoms with Gasteiger partial charge in [0, 0.05) is 16.9 Å². The van der Waals surface area contributed by atoms with Gasteiger partial charge in [0.25, 0.3) is 0 Å². The molecule has 0 fully saturated rings. The average Bonchev–Trinajstić information content (AvgIpc) is 2.26. The Labute approximate surface area is 92.3 Å². The molecule has 0 saturated carbocycles. The molecule has 1 nitrogen and oxygen atoms in total. The molecule has 2 heteroatoms. The highest BCUT2D eigenvalue weighted by Crippen LogP contribution is 2.17. The molecular weight excluding hydrogens is 238 g/mol. The third kappa shape index (κ3) is 1.95. The fourth-order valence-electron chi connectivity index (χ4n) is 1.63. The number of rotatable bonds is 3. The molecule has 2 aromatic rings. The van der Waals surface area contributed by atoms with E-state index in [1.54, 1.807) is 0 Å². The van der Waals surface area contributed by atoms with Gasteiger partial charge in [-0.3, -0.25) is 4.98 Å². The number of hydrogen-bond acceptors (Lipinski definition) is 1. The maximum Gasteiger partial charge on any atom is 0.0704 e. The highest BCUT2D eigenvalue weighted by atomic mass is 79.9. The Bertz CT molecular complexity index is 420. The van der Waals surface area contributed by atoms with Crippen molar-refractivity contribution in [3.8, 4) is 0 Å². The van der Waals surface area contributed by atoms with Crippen LogP contribution in [0.4, 0.5) is 0 Å². The molecule has 0 radical (unpaired) electrons. The summed E-state index contributed by atoms with van der Waals surface area (Å²) in [6.45, 7) is 0. The van der Waals surface area contributed by atoms with Crippen LogP contribution in [0.1, 0.15) is 12.0 Å². The van der Waals surface area contributed by atoms with Crippen LogP contribution in [0.2, 0.25) is 0 Å². The summed E-state index contributed by atoms with van der Waals surface area (Å²) in [4.78, 5) is 4.34. The van der Waals surface area contributed by atoms with Gasteiger partial charge in [0.1, 0.15) is 0 Å². The summed E-state index contributed by atoms with van der Waals surface area (Å²) in [7, 11) is 0. The van der Waals surface area contributed by atoms with E-state index in [0.717, 1.165) is 17.3 Å². The Balaban J connectivity index is 2.43. The number of para-hydroxylation sites is 1. The fourth-order valence-corrected chi connectivity index (χ4v) is 1.91. The maximum atomic E-state index is 4.34. The second-order valence-electron chi connectivity index (χ2n) is 3.28. The van der Waals surface area contributed by atoms with Gasteiger partial charge in [-0.05, 0) is 30.5 Å². The molecule has 2 rings (SSSR count). The number of alkyl halides is 1. The Morgan fingerprint density at radius 2 is 2.00 bits per heavy atom. The smallest absolute Gasteiger partial charge is 0.0704 e. The molecule has 1 heterocycles. The first-order chi connectivity index (χ1) is 6.92. The van der Waals surface area contributed by atoms with Crippen LogP contribution in [0.5, 0.6) is 0 Å². The summed E-state index contributed by atoms with van der Waals surface area (Å²) in [5.41, 5.74) is 2.50. The van der Waals surface area contributed by atoms with Crippen molar-refractivity contribution < 1.29 is 0 Å². The van der Waals surface area contributed by atoms with Crippen molar-refractivity contribution >= 4 is 26.8 Å². The Morgan fingerprint density at radius 3 is 2.86 bits per heavy atom. The van der Waals surface area contributed by atoms with Crippen molar-refractivity contribution in [1.82, 2.24) is 4.98 Å². The molecule has 0 amide bonds. The lowest BCUT2D eigenvalue weighted by Crippen LogP contribution is -1.89. The van der Waals surface area contributed by atoms with Crippen molar-refractivity contribution in [2.45, 2.75) is 12.8 Å². The lowest BCUT2D eigenvalue weighted by atomic mass is 10.1. The molecule has 0 atom stereocenters. The number of benzene rings is 1. The number of aromatic nitrogens is 1. The van der Waals surface area contributed by atoms with E-state index >= 15 is 0 Å². The first kappa shape index (κ1) is 9.66. The number of pyridine rings is 1. The monoisotopic (exact) mass is 249 g/mol. The second-order valence-corrected chi connectivity index (χ2v) is 4.07. The number of halogens is 1. The SMILES string of the molecule is BrCCCc1ccnc2ccccc12. The molecule has 0 N–H and O–H groups in total. The van der Waals surface area contributed by atoms with E-state index in [-0.39, 0.29) is 0 Å². The summed E-state index contributed by atoms with van der Waals surface area (Å²) >= 11 is 3.46. The topological polar surface area (TPSA) is 12.9 Å². The molecule has 14 heavy (non-hydrogen) atoms. The van der Waals surface area contributed by atoms with E-state index in [1.165, 1.54) is 17.4 Å². The Morgan fingerprint density at radius 1 is 1.14 bits per heavy atom. The van der Waals surface area contributed by atoms with Gasteiger partial charge in [0.15, 0.2) is 0 Å². The quantitative estimate of drug-likeness (QED) is 0.759. The lowest BCUT2D eigenvalue weighted by Gasteiger charge is -2.03. The molecule has 0 aliphatic heterocycles. The molecule has 1 aromatic heterocycles. The zero-order valence-corrected chi connectivity index (χ0v) is 9.50. The van der Waals surface area contributed by atoms with Gasteiger partial charge in [-0.1, -0.05) is 34.1 Å². The highest BCUT2D eigenvalue weighted by Gasteiger charge is 1.99. The Kier molecular flexibility index (Phi) is 3.14. The standard InChI is InChI=1S/C12H12BrN/c13-8-3-4-10-7-9-14-12-6-2-1-5-11(10)12/h1-2,5-7,9H,3-4,8H2. The van der Waals surface area contributed by atoms with Crippen LogP contribution in [-0.4, -0.2) is 10.3 Å². The molecule has 72 valence electrons. The van der Waals surface area contributed by atoms with Crippen LogP contribution in [0, 0.1) is 0 Å². The summed E-state index contributed by atoms with van der Waals surface area (Å²) in [5, 5.41) is 2.35. The molecule has 0 aliphatic rings. The molecule has 0 unspecified atom stereocenters. The van der Waals surface area contributed by atoms with Gasteiger partial charge in [-0.2, -0.15) is 0 Å². The van der Waals surface area contributed by atoms with Crippen molar-refractivity contribution in [2.75, 3.05) is 5.33 Å². The van der Waals surface area contributed by atoms with Crippen LogP contribution < -0.4 is 0 Å². The zero-order chi connectivity index (χ0) is 9.80. The first-order valence-electron chi connectivity index (χ1n) is 4.80. The van der Waals surface area contributed by atoms with E-state index in [0.29, 0.717) is 0 Å². The van der Waals surface area contributed by atoms with Crippen LogP contribution in [0.25, 0.3) is 10.9 Å². The predicted molar refractivity (Wildman–Crippen MR) is 63.9 cm³/mol. The van der Waals surface area contributed by atoms with Crippen LogP contribution in [0.15, 0.2) is 36.5 Å². The van der Waals surface area contributed by atoms with Crippen molar-refractivity contribution in [1.29, 1.82) is 0 Å². The number of hydrogen-bond donors (Lipinski definition) is 0. The van der Waals surface area contributed by atoms with Crippen molar-refractivity contribution in [3.05, 3.63) is 42.1 Å². The van der Waals surface area contributed by atoms with Gasteiger partial charge in [-0.15, -0.1) is 0 Å². The van der Waals surface area contributed by atoms with Crippen LogP contribution in [-0.2, 0) is 6.42 Å². The third-order valence-corrected chi connectivity index (χ3v) is 2.88. The molecule has 0 saturated heterocycles. The molecule has 0 bridgehead atoms. The first-order valence-corrected chi connectivity index (χ1v) is 5.92. The zero-order valence-electron chi connectivity index (χ0n) is 7.91. The van der Waals surface area contributed by atoms with Crippen molar-refractivity contribution in [2.24, 2.45) is 0 Å². The van der Waals surface area contributed by atoms with Crippen LogP contribution >= 0.6 is 15.9 Å². The van der Waals surface area contributed by atoms with Gasteiger partial charge in [0.05, 0.1) is 5.52 Å². The summed E-state index contributed by atoms with van der Waals surface area (Å²) in [6.07, 6.45) is 4.19. The normalized spacial score (nSPS) is 10.6. The van der Waals surface area contributed by atoms with Gasteiger partial charge in [0.2, 0.25) is 0 Å². The third-order valence-electron chi connectivity index (χ3n) is 2.32. The largest absolute Gasteiger partial charge is 0.256 e. The van der Waals surface area contributed by atoms with Gasteiger partial charge in [-0.25, -0.2) is 0 Å². The van der Waals surface area contributed by atoms with E-state index in [1.807, 2.05) is 12.3 Å². The maximum absolute atomic E-state index is 4.34. The van der Waals surface area contributed by atoms with Crippen molar-refractivity contribution in [3.63, 3.8) is 0 Å². The van der Waals surface area contributed by atoms with E-state index < -0.39 is 0 Å². The average molecular weight is 250 g/mol. The molecule has 0 aliphatic carbocycles. The molecule has 0 spiro atoms. The van der Waals surface area contributed by atoms with Gasteiger partial charge >= 0.3 is 0 Å². The number of aryl methyl sites for hydroxylation is 1. The van der Waals surface area contributed by atoms with E-state index in [4.69, 9.17) is 0 Å². The Hall–Kier alpha value is -0.890. The van der Waals surface area contributed by atoms with Crippen LogP contribution in [0.3, 0.4) is 0 Å². The number of nitrogens with zero attached hydrogens (tertiary/aromatic N) is 1. The lowest BCUT2D eigenvalue weighted by molar-refractivity contribution is 0.946. The highest BCUT2D eigenvalue weighted by molar-refractivity contribution is 9.09. The molecular formula is C12H12BrN. The number of fused-ring (bicyclic) bond motifs is 1. The van der Waals surface area contributed by atoms with E-state index in [2.05, 4.69) is 45.2 Å². The summed E-state index contributed by atoms with van der Waals surface area (Å²) in [5.74, 6) is 0. The van der Waals surface area contributed by atoms with Gasteiger partial charge < -0.3 is 0 Å². The summed E-state index contributed by atoms with van der Waals surface area (Å²) < 4.78 is 0. The minimum Gasteiger partial charge on any atom is -0.256 e. The van der Waals surface area contributed by atoms with E-state index in [9.17, 15) is 0 Å². The second kappa shape index (κ2) is 4.56. The summed E-state index contributed by atoms with van der Waals surface area (Å²) in [6, 6.07) is 10.4. The minimum atomic E-state index is 1.06. The molecule has 1 aromatic carbocycles. The predicted octanol–water partition coefficient (Wildman–Crippen LogP) is 3.56. The fraction of sp³-hybridized carbons (Fsp3) is 0.250. The minimum absolute atomic E-state index is 1.06.